The number of fused-ring (bicyclic) bond motifs is 1. The van der Waals surface area contributed by atoms with Crippen molar-refractivity contribution in [2.24, 2.45) is 0 Å². The first-order valence-electron chi connectivity index (χ1n) is 13.5. The largest absolute Gasteiger partial charge is 0.444 e. The lowest BCUT2D eigenvalue weighted by atomic mass is 9.98. The number of hydrogen-bond donors (Lipinski definition) is 3. The molecule has 4 rings (SSSR count). The van der Waals surface area contributed by atoms with Crippen LogP contribution in [0.4, 0.5) is 10.6 Å². The van der Waals surface area contributed by atoms with Crippen molar-refractivity contribution < 1.29 is 27.5 Å². The van der Waals surface area contributed by atoms with Gasteiger partial charge in [-0.1, -0.05) is 48.0 Å². The molecule has 1 aliphatic heterocycles. The molecule has 0 atom stereocenters. The number of benzene rings is 2. The zero-order valence-electron chi connectivity index (χ0n) is 24.3. The molecule has 1 aliphatic rings. The molecule has 42 heavy (non-hydrogen) atoms. The molecule has 0 radical (unpaired) electrons. The van der Waals surface area contributed by atoms with Gasteiger partial charge in [0.15, 0.2) is 0 Å². The Balaban J connectivity index is 1.38. The van der Waals surface area contributed by atoms with Gasteiger partial charge in [0.2, 0.25) is 5.91 Å². The van der Waals surface area contributed by atoms with E-state index in [0.717, 1.165) is 21.5 Å². The number of pyridine rings is 1. The van der Waals surface area contributed by atoms with Crippen LogP contribution in [0.25, 0.3) is 10.8 Å². The predicted octanol–water partition coefficient (Wildman–Crippen LogP) is 4.34. The molecule has 222 valence electrons. The number of hydrogen-bond acceptors (Lipinski definition) is 7. The van der Waals surface area contributed by atoms with Crippen LogP contribution in [0.1, 0.15) is 51.8 Å². The second kappa shape index (κ2) is 12.3. The Kier molecular flexibility index (Phi) is 8.97. The van der Waals surface area contributed by atoms with E-state index in [1.165, 1.54) is 6.07 Å². The molecule has 1 aromatic heterocycles. The van der Waals surface area contributed by atoms with Gasteiger partial charge in [-0.25, -0.2) is 18.2 Å². The Morgan fingerprint density at radius 1 is 1.02 bits per heavy atom. The molecule has 11 nitrogen and oxygen atoms in total. The third-order valence-corrected chi connectivity index (χ3v) is 8.03. The maximum Gasteiger partial charge on any atom is 0.413 e. The summed E-state index contributed by atoms with van der Waals surface area (Å²) in [6.45, 7) is 9.10. The zero-order chi connectivity index (χ0) is 30.7. The number of hydrazine groups is 1. The highest BCUT2D eigenvalue weighted by Crippen LogP contribution is 2.25. The summed E-state index contributed by atoms with van der Waals surface area (Å²) in [6.07, 6.45) is -0.409. The highest BCUT2D eigenvalue weighted by molar-refractivity contribution is 7.89. The number of ether oxygens (including phenoxy) is 1. The molecule has 2 aromatic carbocycles. The van der Waals surface area contributed by atoms with Crippen LogP contribution in [0.3, 0.4) is 0 Å². The second-order valence-corrected chi connectivity index (χ2v) is 12.7. The van der Waals surface area contributed by atoms with Crippen molar-refractivity contribution in [2.75, 3.05) is 11.9 Å². The van der Waals surface area contributed by atoms with E-state index < -0.39 is 33.5 Å². The van der Waals surface area contributed by atoms with E-state index in [4.69, 9.17) is 4.74 Å². The van der Waals surface area contributed by atoms with Gasteiger partial charge in [0.1, 0.15) is 11.4 Å². The van der Waals surface area contributed by atoms with Crippen LogP contribution in [0, 0.1) is 6.92 Å². The SMILES string of the molecule is CC1=C(CC(=O)NCc2ccc(NC(=O)OC(C)(C)C)nc2C)C(=O)N(NS(=O)(=O)c2cccc3ccccc23)CC1. The van der Waals surface area contributed by atoms with Gasteiger partial charge in [-0.3, -0.25) is 19.9 Å². The third kappa shape index (κ3) is 7.51. The average Bonchev–Trinajstić information content (AvgIpc) is 2.90. The lowest BCUT2D eigenvalue weighted by Crippen LogP contribution is -2.49. The molecule has 0 bridgehead atoms. The summed E-state index contributed by atoms with van der Waals surface area (Å²) in [6, 6.07) is 15.4. The number of carbonyl (C=O) groups is 3. The van der Waals surface area contributed by atoms with E-state index in [0.29, 0.717) is 23.3 Å². The second-order valence-electron chi connectivity index (χ2n) is 11.1. The number of nitrogens with one attached hydrogen (secondary N) is 3. The summed E-state index contributed by atoms with van der Waals surface area (Å²) in [5, 5.41) is 7.73. The van der Waals surface area contributed by atoms with Gasteiger partial charge in [-0.05, 0) is 64.1 Å². The van der Waals surface area contributed by atoms with Crippen molar-refractivity contribution in [1.82, 2.24) is 20.1 Å². The lowest BCUT2D eigenvalue weighted by Gasteiger charge is -2.29. The molecule has 0 spiro atoms. The average molecular weight is 594 g/mol. The molecule has 3 amide bonds. The molecule has 2 heterocycles. The molecule has 0 unspecified atom stereocenters. The van der Waals surface area contributed by atoms with Crippen LogP contribution < -0.4 is 15.5 Å². The van der Waals surface area contributed by atoms with Gasteiger partial charge < -0.3 is 10.1 Å². The van der Waals surface area contributed by atoms with E-state index in [9.17, 15) is 22.8 Å². The smallest absolute Gasteiger partial charge is 0.413 e. The first kappa shape index (κ1) is 30.7. The molecule has 0 fully saturated rings. The van der Waals surface area contributed by atoms with Crippen molar-refractivity contribution in [3.63, 3.8) is 0 Å². The monoisotopic (exact) mass is 593 g/mol. The fraction of sp³-hybridized carbons (Fsp3) is 0.333. The number of aryl methyl sites for hydroxylation is 1. The maximum atomic E-state index is 13.3. The number of amides is 3. The number of sulfonamides is 1. The minimum Gasteiger partial charge on any atom is -0.444 e. The normalized spacial score (nSPS) is 14.2. The Morgan fingerprint density at radius 2 is 1.74 bits per heavy atom. The number of anilines is 1. The first-order chi connectivity index (χ1) is 19.7. The molecule has 12 heteroatoms. The number of nitrogens with zero attached hydrogens (tertiary/aromatic N) is 2. The van der Waals surface area contributed by atoms with Gasteiger partial charge in [0.25, 0.3) is 15.9 Å². The number of aromatic nitrogens is 1. The van der Waals surface area contributed by atoms with E-state index in [1.807, 2.05) is 18.2 Å². The molecule has 0 saturated carbocycles. The molecule has 3 N–H and O–H groups in total. The Hall–Kier alpha value is -4.29. The molecule has 0 aliphatic carbocycles. The molecule has 3 aromatic rings. The van der Waals surface area contributed by atoms with Crippen LogP contribution in [-0.2, 0) is 30.9 Å². The standard InChI is InChI=1S/C30H35N5O6S/c1-19-15-16-35(34-42(39,40)25-12-8-10-21-9-6-7-11-23(21)25)28(37)24(19)17-27(36)31-18-22-13-14-26(32-20(22)2)33-29(38)41-30(3,4)5/h6-14,34H,15-18H2,1-5H3,(H,31,36)(H,32,33,38). The molecule has 0 saturated heterocycles. The summed E-state index contributed by atoms with van der Waals surface area (Å²) in [5.74, 6) is -0.642. The maximum absolute atomic E-state index is 13.3. The van der Waals surface area contributed by atoms with E-state index in [1.54, 1.807) is 65.0 Å². The fourth-order valence-electron chi connectivity index (χ4n) is 4.49. The van der Waals surface area contributed by atoms with Crippen LogP contribution in [-0.4, -0.2) is 48.5 Å². The van der Waals surface area contributed by atoms with Crippen molar-refractivity contribution in [3.8, 4) is 0 Å². The zero-order valence-corrected chi connectivity index (χ0v) is 25.1. The van der Waals surface area contributed by atoms with Gasteiger partial charge in [0, 0.05) is 29.7 Å². The van der Waals surface area contributed by atoms with Crippen molar-refractivity contribution in [2.45, 2.75) is 64.5 Å². The van der Waals surface area contributed by atoms with E-state index in [2.05, 4.69) is 20.4 Å². The summed E-state index contributed by atoms with van der Waals surface area (Å²) >= 11 is 0. The number of rotatable bonds is 8. The topological polar surface area (TPSA) is 147 Å². The fourth-order valence-corrected chi connectivity index (χ4v) is 5.78. The van der Waals surface area contributed by atoms with E-state index in [-0.39, 0.29) is 30.0 Å². The minimum absolute atomic E-state index is 0.0651. The van der Waals surface area contributed by atoms with Gasteiger partial charge in [-0.2, -0.15) is 0 Å². The van der Waals surface area contributed by atoms with Gasteiger partial charge >= 0.3 is 6.09 Å². The highest BCUT2D eigenvalue weighted by atomic mass is 32.2. The van der Waals surface area contributed by atoms with Crippen LogP contribution in [0.5, 0.6) is 0 Å². The van der Waals surface area contributed by atoms with Crippen molar-refractivity contribution >= 4 is 44.5 Å². The summed E-state index contributed by atoms with van der Waals surface area (Å²) < 4.78 is 31.8. The third-order valence-electron chi connectivity index (χ3n) is 6.64. The van der Waals surface area contributed by atoms with Gasteiger partial charge in [-0.15, -0.1) is 4.83 Å². The van der Waals surface area contributed by atoms with Crippen LogP contribution >= 0.6 is 0 Å². The lowest BCUT2D eigenvalue weighted by molar-refractivity contribution is -0.131. The number of carbonyl (C=O) groups excluding carboxylic acids is 3. The van der Waals surface area contributed by atoms with E-state index >= 15 is 0 Å². The molecular formula is C30H35N5O6S. The quantitative estimate of drug-likeness (QED) is 0.352. The van der Waals surface area contributed by atoms with Crippen LogP contribution in [0.15, 0.2) is 70.6 Å². The predicted molar refractivity (Wildman–Crippen MR) is 159 cm³/mol. The Bertz CT molecular complexity index is 1670. The highest BCUT2D eigenvalue weighted by Gasteiger charge is 2.31. The van der Waals surface area contributed by atoms with Crippen molar-refractivity contribution in [3.05, 3.63) is 77.0 Å². The summed E-state index contributed by atoms with van der Waals surface area (Å²) in [5.41, 5.74) is 1.65. The van der Waals surface area contributed by atoms with Crippen LogP contribution in [0.2, 0.25) is 0 Å². The minimum atomic E-state index is -4.07. The first-order valence-corrected chi connectivity index (χ1v) is 15.0. The molecular weight excluding hydrogens is 558 g/mol. The Morgan fingerprint density at radius 3 is 2.45 bits per heavy atom. The van der Waals surface area contributed by atoms with Gasteiger partial charge in [0.05, 0.1) is 11.3 Å². The summed E-state index contributed by atoms with van der Waals surface area (Å²) in [7, 11) is -4.07. The summed E-state index contributed by atoms with van der Waals surface area (Å²) in [4.78, 5) is 45.0. The Labute approximate surface area is 245 Å². The van der Waals surface area contributed by atoms with Crippen molar-refractivity contribution in [1.29, 1.82) is 0 Å².